The first-order chi connectivity index (χ1) is 12.8. The summed E-state index contributed by atoms with van der Waals surface area (Å²) in [5.74, 6) is 0.0646. The highest BCUT2D eigenvalue weighted by molar-refractivity contribution is 5.94. The molecule has 2 heteroatoms. The van der Waals surface area contributed by atoms with Crippen LogP contribution in [-0.4, -0.2) is 11.9 Å². The molecule has 1 amide bonds. The Hall–Kier alpha value is -2.09. The predicted molar refractivity (Wildman–Crippen MR) is 109 cm³/mol. The van der Waals surface area contributed by atoms with Crippen LogP contribution in [0.2, 0.25) is 0 Å². The average Bonchev–Trinajstić information content (AvgIpc) is 2.70. The Morgan fingerprint density at radius 3 is 2.12 bits per heavy atom. The molecule has 138 valence electrons. The monoisotopic (exact) mass is 349 g/mol. The normalized spacial score (nSPS) is 15.0. The molecule has 0 bridgehead atoms. The first kappa shape index (κ1) is 18.7. The highest BCUT2D eigenvalue weighted by Gasteiger charge is 2.16. The lowest BCUT2D eigenvalue weighted by molar-refractivity contribution is 0.0927. The van der Waals surface area contributed by atoms with E-state index in [9.17, 15) is 4.79 Å². The molecule has 1 aliphatic rings. The number of hydrogen-bond acceptors (Lipinski definition) is 1. The Labute approximate surface area is 158 Å². The van der Waals surface area contributed by atoms with Gasteiger partial charge >= 0.3 is 0 Å². The van der Waals surface area contributed by atoms with Gasteiger partial charge in [-0.1, -0.05) is 75.4 Å². The summed E-state index contributed by atoms with van der Waals surface area (Å²) in [5, 5.41) is 3.19. The van der Waals surface area contributed by atoms with E-state index in [1.807, 2.05) is 12.1 Å². The lowest BCUT2D eigenvalue weighted by Gasteiger charge is -2.22. The van der Waals surface area contributed by atoms with E-state index >= 15 is 0 Å². The molecule has 1 saturated carbocycles. The number of rotatable bonds is 7. The first-order valence-electron chi connectivity index (χ1n) is 10.3. The molecule has 1 fully saturated rings. The first-order valence-corrected chi connectivity index (χ1v) is 10.3. The van der Waals surface area contributed by atoms with Gasteiger partial charge in [0.05, 0.1) is 0 Å². The van der Waals surface area contributed by atoms with E-state index in [1.54, 1.807) is 0 Å². The van der Waals surface area contributed by atoms with Gasteiger partial charge in [0.15, 0.2) is 0 Å². The zero-order chi connectivity index (χ0) is 18.2. The highest BCUT2D eigenvalue weighted by atomic mass is 16.1. The molecule has 0 aromatic heterocycles. The van der Waals surface area contributed by atoms with Crippen LogP contribution in [0.25, 0.3) is 11.1 Å². The summed E-state index contributed by atoms with van der Waals surface area (Å²) in [6.07, 6.45) is 11.0. The predicted octanol–water partition coefficient (Wildman–Crippen LogP) is 6.15. The summed E-state index contributed by atoms with van der Waals surface area (Å²) in [6.45, 7) is 2.24. The maximum absolute atomic E-state index is 12.4. The second kappa shape index (κ2) is 9.56. The summed E-state index contributed by atoms with van der Waals surface area (Å²) < 4.78 is 0. The van der Waals surface area contributed by atoms with E-state index in [4.69, 9.17) is 0 Å². The second-order valence-corrected chi connectivity index (χ2v) is 7.54. The smallest absolute Gasteiger partial charge is 0.251 e. The maximum Gasteiger partial charge on any atom is 0.251 e. The zero-order valence-corrected chi connectivity index (χ0v) is 16.0. The molecule has 0 radical (unpaired) electrons. The number of nitrogens with one attached hydrogen (secondary N) is 1. The number of unbranched alkanes of at least 4 members (excludes halogenated alkanes) is 2. The average molecular weight is 350 g/mol. The molecule has 0 atom stereocenters. The van der Waals surface area contributed by atoms with Gasteiger partial charge in [0.25, 0.3) is 5.91 Å². The largest absolute Gasteiger partial charge is 0.349 e. The van der Waals surface area contributed by atoms with Crippen molar-refractivity contribution in [2.24, 2.45) is 0 Å². The van der Waals surface area contributed by atoms with Gasteiger partial charge in [-0.3, -0.25) is 4.79 Å². The van der Waals surface area contributed by atoms with Gasteiger partial charge in [0.2, 0.25) is 0 Å². The molecular formula is C24H31NO. The summed E-state index contributed by atoms with van der Waals surface area (Å²) in [7, 11) is 0. The van der Waals surface area contributed by atoms with E-state index in [0.717, 1.165) is 24.8 Å². The third-order valence-corrected chi connectivity index (χ3v) is 5.44. The van der Waals surface area contributed by atoms with Crippen molar-refractivity contribution >= 4 is 5.91 Å². The van der Waals surface area contributed by atoms with Crippen LogP contribution in [0.4, 0.5) is 0 Å². The Kier molecular flexibility index (Phi) is 6.88. The van der Waals surface area contributed by atoms with Gasteiger partial charge in [-0.15, -0.1) is 0 Å². The molecular weight excluding hydrogens is 318 g/mol. The minimum absolute atomic E-state index is 0.0646. The van der Waals surface area contributed by atoms with Crippen LogP contribution in [0.5, 0.6) is 0 Å². The van der Waals surface area contributed by atoms with Crippen molar-refractivity contribution in [2.75, 3.05) is 0 Å². The fraction of sp³-hybridized carbons (Fsp3) is 0.458. The number of carbonyl (C=O) groups excluding carboxylic acids is 1. The fourth-order valence-corrected chi connectivity index (χ4v) is 3.77. The number of aryl methyl sites for hydroxylation is 1. The SMILES string of the molecule is CCCCCc1ccc(-c2ccc(C(=O)NC3CCCCC3)cc2)cc1. The van der Waals surface area contributed by atoms with Crippen molar-refractivity contribution in [1.82, 2.24) is 5.32 Å². The molecule has 1 aliphatic carbocycles. The van der Waals surface area contributed by atoms with Crippen molar-refractivity contribution in [1.29, 1.82) is 0 Å². The lowest BCUT2D eigenvalue weighted by atomic mass is 9.95. The Balaban J connectivity index is 1.58. The van der Waals surface area contributed by atoms with Crippen LogP contribution in [0.1, 0.15) is 74.2 Å². The lowest BCUT2D eigenvalue weighted by Crippen LogP contribution is -2.36. The molecule has 2 aromatic rings. The molecule has 2 aromatic carbocycles. The van der Waals surface area contributed by atoms with Crippen molar-refractivity contribution in [2.45, 2.75) is 70.8 Å². The van der Waals surface area contributed by atoms with E-state index in [-0.39, 0.29) is 5.91 Å². The molecule has 0 spiro atoms. The van der Waals surface area contributed by atoms with Crippen molar-refractivity contribution in [3.05, 3.63) is 59.7 Å². The zero-order valence-electron chi connectivity index (χ0n) is 16.0. The minimum Gasteiger partial charge on any atom is -0.349 e. The molecule has 26 heavy (non-hydrogen) atoms. The van der Waals surface area contributed by atoms with Gasteiger partial charge in [0.1, 0.15) is 0 Å². The van der Waals surface area contributed by atoms with E-state index in [0.29, 0.717) is 6.04 Å². The Morgan fingerprint density at radius 2 is 1.50 bits per heavy atom. The molecule has 2 nitrogen and oxygen atoms in total. The summed E-state index contributed by atoms with van der Waals surface area (Å²) in [6, 6.07) is 17.2. The third kappa shape index (κ3) is 5.20. The number of amides is 1. The standard InChI is InChI=1S/C24H31NO/c1-2-3-5-8-19-11-13-20(14-12-19)21-15-17-22(18-16-21)24(26)25-23-9-6-4-7-10-23/h11-18,23H,2-10H2,1H3,(H,25,26). The van der Waals surface area contributed by atoms with E-state index < -0.39 is 0 Å². The van der Waals surface area contributed by atoms with Crippen LogP contribution in [-0.2, 0) is 6.42 Å². The van der Waals surface area contributed by atoms with E-state index in [2.05, 4.69) is 48.6 Å². The van der Waals surface area contributed by atoms with Crippen molar-refractivity contribution in [3.63, 3.8) is 0 Å². The van der Waals surface area contributed by atoms with Crippen LogP contribution in [0, 0.1) is 0 Å². The molecule has 0 unspecified atom stereocenters. The Bertz CT molecular complexity index is 681. The minimum atomic E-state index is 0.0646. The van der Waals surface area contributed by atoms with Crippen LogP contribution in [0.15, 0.2) is 48.5 Å². The van der Waals surface area contributed by atoms with Gasteiger partial charge in [-0.25, -0.2) is 0 Å². The quantitative estimate of drug-likeness (QED) is 0.597. The summed E-state index contributed by atoms with van der Waals surface area (Å²) in [4.78, 5) is 12.4. The van der Waals surface area contributed by atoms with E-state index in [1.165, 1.54) is 55.2 Å². The third-order valence-electron chi connectivity index (χ3n) is 5.44. The Morgan fingerprint density at radius 1 is 0.885 bits per heavy atom. The molecule has 3 rings (SSSR count). The molecule has 0 saturated heterocycles. The summed E-state index contributed by atoms with van der Waals surface area (Å²) in [5.41, 5.74) is 4.55. The molecule has 0 aliphatic heterocycles. The number of hydrogen-bond donors (Lipinski definition) is 1. The topological polar surface area (TPSA) is 29.1 Å². The van der Waals surface area contributed by atoms with Crippen LogP contribution >= 0.6 is 0 Å². The van der Waals surface area contributed by atoms with Gasteiger partial charge in [0, 0.05) is 11.6 Å². The molecule has 0 heterocycles. The molecule has 1 N–H and O–H groups in total. The maximum atomic E-state index is 12.4. The van der Waals surface area contributed by atoms with Crippen molar-refractivity contribution < 1.29 is 4.79 Å². The fourth-order valence-electron chi connectivity index (χ4n) is 3.77. The van der Waals surface area contributed by atoms with Crippen LogP contribution in [0.3, 0.4) is 0 Å². The van der Waals surface area contributed by atoms with Gasteiger partial charge in [-0.2, -0.15) is 0 Å². The number of carbonyl (C=O) groups is 1. The van der Waals surface area contributed by atoms with Gasteiger partial charge < -0.3 is 5.32 Å². The highest BCUT2D eigenvalue weighted by Crippen LogP contribution is 2.22. The van der Waals surface area contributed by atoms with Crippen LogP contribution < -0.4 is 5.32 Å². The summed E-state index contributed by atoms with van der Waals surface area (Å²) >= 11 is 0. The van der Waals surface area contributed by atoms with Crippen molar-refractivity contribution in [3.8, 4) is 11.1 Å². The number of benzene rings is 2. The van der Waals surface area contributed by atoms with Gasteiger partial charge in [-0.05, 0) is 54.5 Å². The second-order valence-electron chi connectivity index (χ2n) is 7.54.